The summed E-state index contributed by atoms with van der Waals surface area (Å²) in [5, 5.41) is -0.364. The molecule has 2 aliphatic heterocycles. The van der Waals surface area contributed by atoms with E-state index in [1.54, 1.807) is 48.4 Å². The Balaban J connectivity index is 1.38. The number of nitrogens with zero attached hydrogens (tertiary/aromatic N) is 2. The minimum atomic E-state index is -0.391. The normalized spacial score (nSPS) is 16.6. The van der Waals surface area contributed by atoms with Crippen molar-refractivity contribution >= 4 is 34.9 Å². The van der Waals surface area contributed by atoms with E-state index in [0.717, 1.165) is 16.7 Å². The highest BCUT2D eigenvalue weighted by molar-refractivity contribution is 8.18. The van der Waals surface area contributed by atoms with Gasteiger partial charge in [0.25, 0.3) is 17.1 Å². The van der Waals surface area contributed by atoms with Crippen molar-refractivity contribution in [2.24, 2.45) is 0 Å². The van der Waals surface area contributed by atoms with E-state index in [4.69, 9.17) is 23.7 Å². The van der Waals surface area contributed by atoms with Crippen LogP contribution in [0, 0.1) is 0 Å². The third kappa shape index (κ3) is 6.78. The number of rotatable bonds is 11. The van der Waals surface area contributed by atoms with Crippen molar-refractivity contribution in [2.75, 3.05) is 59.8 Å². The maximum Gasteiger partial charge on any atom is 0.293 e. The van der Waals surface area contributed by atoms with Crippen molar-refractivity contribution in [1.82, 2.24) is 9.80 Å². The van der Waals surface area contributed by atoms with Gasteiger partial charge in [0.2, 0.25) is 0 Å². The highest BCUT2D eigenvalue weighted by Crippen LogP contribution is 2.35. The van der Waals surface area contributed by atoms with Crippen LogP contribution >= 0.6 is 11.8 Å². The van der Waals surface area contributed by atoms with Crippen LogP contribution in [0.15, 0.2) is 47.4 Å². The highest BCUT2D eigenvalue weighted by Gasteiger charge is 2.35. The van der Waals surface area contributed by atoms with Gasteiger partial charge in [-0.05, 0) is 54.6 Å². The van der Waals surface area contributed by atoms with Crippen molar-refractivity contribution in [2.45, 2.75) is 6.92 Å². The molecule has 2 aliphatic rings. The number of thioether (sulfide) groups is 1. The third-order valence-electron chi connectivity index (χ3n) is 5.80. The molecule has 38 heavy (non-hydrogen) atoms. The van der Waals surface area contributed by atoms with Crippen LogP contribution in [0.25, 0.3) is 6.08 Å². The number of para-hydroxylation sites is 2. The second-order valence-electron chi connectivity index (χ2n) is 8.25. The molecule has 2 heterocycles. The molecule has 0 spiro atoms. The molecule has 0 aliphatic carbocycles. The fourth-order valence-corrected chi connectivity index (χ4v) is 4.74. The largest absolute Gasteiger partial charge is 0.493 e. The molecule has 2 aromatic carbocycles. The molecule has 2 saturated heterocycles. The molecule has 0 saturated carbocycles. The van der Waals surface area contributed by atoms with E-state index in [-0.39, 0.29) is 30.9 Å². The van der Waals surface area contributed by atoms with Gasteiger partial charge >= 0.3 is 0 Å². The van der Waals surface area contributed by atoms with Gasteiger partial charge in [-0.25, -0.2) is 0 Å². The van der Waals surface area contributed by atoms with Crippen molar-refractivity contribution in [3.05, 3.63) is 52.9 Å². The molecule has 11 heteroatoms. The van der Waals surface area contributed by atoms with Crippen LogP contribution in [-0.2, 0) is 14.3 Å². The molecule has 0 bridgehead atoms. The zero-order valence-corrected chi connectivity index (χ0v) is 22.2. The Morgan fingerprint density at radius 2 is 1.74 bits per heavy atom. The standard InChI is InChI=1S/C27H30N2O8S/c1-3-35-23-16-19(8-9-22(23)37-18-25(30)28-10-13-34-14-11-28)17-24-26(31)29(27(32)38-24)12-15-36-21-7-5-4-6-20(21)33-2/h4-9,16-17H,3,10-15,18H2,1-2H3/b24-17-. The predicted molar refractivity (Wildman–Crippen MR) is 142 cm³/mol. The Kier molecular flexibility index (Phi) is 9.50. The summed E-state index contributed by atoms with van der Waals surface area (Å²) >= 11 is 0.870. The number of carbonyl (C=O) groups is 3. The number of carbonyl (C=O) groups excluding carboxylic acids is 3. The van der Waals surface area contributed by atoms with Crippen LogP contribution in [-0.4, -0.2) is 86.6 Å². The SMILES string of the molecule is CCOc1cc(/C=C2\SC(=O)N(CCOc3ccccc3OC)C2=O)ccc1OCC(=O)N1CCOCC1. The summed E-state index contributed by atoms with van der Waals surface area (Å²) in [5.74, 6) is 1.47. The van der Waals surface area contributed by atoms with Crippen LogP contribution in [0.2, 0.25) is 0 Å². The Labute approximate surface area is 225 Å². The summed E-state index contributed by atoms with van der Waals surface area (Å²) in [5.41, 5.74) is 0.663. The first-order valence-electron chi connectivity index (χ1n) is 12.3. The number of hydrogen-bond acceptors (Lipinski definition) is 9. The lowest BCUT2D eigenvalue weighted by molar-refractivity contribution is -0.137. The van der Waals surface area contributed by atoms with Gasteiger partial charge in [0.05, 0.1) is 38.4 Å². The number of morpholine rings is 1. The van der Waals surface area contributed by atoms with E-state index in [2.05, 4.69) is 0 Å². The topological polar surface area (TPSA) is 104 Å². The maximum absolute atomic E-state index is 12.9. The van der Waals surface area contributed by atoms with E-state index >= 15 is 0 Å². The van der Waals surface area contributed by atoms with Gasteiger partial charge in [0.1, 0.15) is 6.61 Å². The molecule has 202 valence electrons. The Morgan fingerprint density at radius 1 is 1.00 bits per heavy atom. The van der Waals surface area contributed by atoms with Crippen LogP contribution in [0.5, 0.6) is 23.0 Å². The Bertz CT molecular complexity index is 1200. The van der Waals surface area contributed by atoms with E-state index in [0.29, 0.717) is 66.4 Å². The predicted octanol–water partition coefficient (Wildman–Crippen LogP) is 3.45. The summed E-state index contributed by atoms with van der Waals surface area (Å²) in [6.07, 6.45) is 1.64. The van der Waals surface area contributed by atoms with Gasteiger partial charge in [0, 0.05) is 13.1 Å². The van der Waals surface area contributed by atoms with Gasteiger partial charge in [-0.15, -0.1) is 0 Å². The van der Waals surface area contributed by atoms with Crippen LogP contribution in [0.4, 0.5) is 4.79 Å². The second kappa shape index (κ2) is 13.2. The van der Waals surface area contributed by atoms with Gasteiger partial charge in [-0.3, -0.25) is 19.3 Å². The lowest BCUT2D eigenvalue weighted by Gasteiger charge is -2.26. The molecule has 3 amide bonds. The molecular formula is C27H30N2O8S. The first-order valence-corrected chi connectivity index (χ1v) is 13.1. The fraction of sp³-hybridized carbons (Fsp3) is 0.370. The van der Waals surface area contributed by atoms with Gasteiger partial charge in [0.15, 0.2) is 29.6 Å². The van der Waals surface area contributed by atoms with E-state index < -0.39 is 5.91 Å². The maximum atomic E-state index is 12.9. The van der Waals surface area contributed by atoms with Crippen LogP contribution in [0.3, 0.4) is 0 Å². The van der Waals surface area contributed by atoms with Crippen molar-refractivity contribution in [1.29, 1.82) is 0 Å². The second-order valence-corrected chi connectivity index (χ2v) is 9.25. The first kappa shape index (κ1) is 27.3. The quantitative estimate of drug-likeness (QED) is 0.395. The van der Waals surface area contributed by atoms with Crippen molar-refractivity contribution in [3.8, 4) is 23.0 Å². The van der Waals surface area contributed by atoms with Gasteiger partial charge in [-0.1, -0.05) is 18.2 Å². The smallest absolute Gasteiger partial charge is 0.293 e. The van der Waals surface area contributed by atoms with Crippen molar-refractivity contribution in [3.63, 3.8) is 0 Å². The van der Waals surface area contributed by atoms with E-state index in [1.165, 1.54) is 0 Å². The monoisotopic (exact) mass is 542 g/mol. The molecule has 0 radical (unpaired) electrons. The number of hydrogen-bond donors (Lipinski definition) is 0. The molecule has 4 rings (SSSR count). The zero-order chi connectivity index (χ0) is 26.9. The fourth-order valence-electron chi connectivity index (χ4n) is 3.87. The average Bonchev–Trinajstić information content (AvgIpc) is 3.20. The lowest BCUT2D eigenvalue weighted by atomic mass is 10.2. The number of amides is 3. The van der Waals surface area contributed by atoms with Crippen LogP contribution < -0.4 is 18.9 Å². The van der Waals surface area contributed by atoms with Crippen LogP contribution in [0.1, 0.15) is 12.5 Å². The minimum absolute atomic E-state index is 0.105. The molecule has 0 unspecified atom stereocenters. The third-order valence-corrected chi connectivity index (χ3v) is 6.70. The molecule has 0 N–H and O–H groups in total. The Hall–Kier alpha value is -3.70. The minimum Gasteiger partial charge on any atom is -0.493 e. The Morgan fingerprint density at radius 3 is 2.47 bits per heavy atom. The summed E-state index contributed by atoms with van der Waals surface area (Å²) in [4.78, 5) is 41.0. The highest BCUT2D eigenvalue weighted by atomic mass is 32.2. The summed E-state index contributed by atoms with van der Waals surface area (Å²) < 4.78 is 27.7. The summed E-state index contributed by atoms with van der Waals surface area (Å²) in [6.45, 7) is 4.48. The van der Waals surface area contributed by atoms with E-state index in [9.17, 15) is 14.4 Å². The number of ether oxygens (including phenoxy) is 5. The molecular weight excluding hydrogens is 512 g/mol. The molecule has 10 nitrogen and oxygen atoms in total. The molecule has 0 atom stereocenters. The van der Waals surface area contributed by atoms with Crippen molar-refractivity contribution < 1.29 is 38.1 Å². The number of imide groups is 1. The number of methoxy groups -OCH3 is 1. The van der Waals surface area contributed by atoms with Gasteiger partial charge < -0.3 is 28.6 Å². The lowest BCUT2D eigenvalue weighted by Crippen LogP contribution is -2.43. The molecule has 2 aromatic rings. The summed E-state index contributed by atoms with van der Waals surface area (Å²) in [7, 11) is 1.55. The molecule has 2 fully saturated rings. The summed E-state index contributed by atoms with van der Waals surface area (Å²) in [6, 6.07) is 12.3. The van der Waals surface area contributed by atoms with E-state index in [1.807, 2.05) is 19.1 Å². The zero-order valence-electron chi connectivity index (χ0n) is 21.3. The number of benzene rings is 2. The average molecular weight is 543 g/mol. The first-order chi connectivity index (χ1) is 18.5. The molecule has 0 aromatic heterocycles. The van der Waals surface area contributed by atoms with Gasteiger partial charge in [-0.2, -0.15) is 0 Å².